The SMILES string of the molecule is Cc1cc(C)c(-c2nc3c([nH]2)CN(C(=O)C(C)C)CC3)cc1C(=O)N1CCC(c2ccc(F)cc2)CC1. The zero-order valence-electron chi connectivity index (χ0n) is 22.1. The summed E-state index contributed by atoms with van der Waals surface area (Å²) >= 11 is 0. The number of halogens is 1. The molecule has 0 aliphatic carbocycles. The molecule has 3 heterocycles. The third kappa shape index (κ3) is 5.04. The van der Waals surface area contributed by atoms with Gasteiger partial charge in [-0.25, -0.2) is 9.37 Å². The lowest BCUT2D eigenvalue weighted by molar-refractivity contribution is -0.135. The molecular formula is C30H35FN4O2. The van der Waals surface area contributed by atoms with Gasteiger partial charge in [0.25, 0.3) is 5.91 Å². The van der Waals surface area contributed by atoms with Gasteiger partial charge < -0.3 is 14.8 Å². The van der Waals surface area contributed by atoms with E-state index in [0.29, 0.717) is 37.7 Å². The van der Waals surface area contributed by atoms with Crippen LogP contribution in [0.25, 0.3) is 11.4 Å². The van der Waals surface area contributed by atoms with Crippen molar-refractivity contribution in [3.63, 3.8) is 0 Å². The van der Waals surface area contributed by atoms with Crippen LogP contribution in [0, 0.1) is 25.6 Å². The summed E-state index contributed by atoms with van der Waals surface area (Å²) in [6.07, 6.45) is 2.46. The average Bonchev–Trinajstić information content (AvgIpc) is 3.31. The van der Waals surface area contributed by atoms with E-state index in [2.05, 4.69) is 11.1 Å². The van der Waals surface area contributed by atoms with Crippen molar-refractivity contribution in [2.45, 2.75) is 59.4 Å². The highest BCUT2D eigenvalue weighted by atomic mass is 19.1. The normalized spacial score (nSPS) is 16.3. The van der Waals surface area contributed by atoms with Crippen LogP contribution in [0.3, 0.4) is 0 Å². The van der Waals surface area contributed by atoms with Crippen LogP contribution >= 0.6 is 0 Å². The van der Waals surface area contributed by atoms with Crippen LogP contribution < -0.4 is 0 Å². The van der Waals surface area contributed by atoms with Crippen molar-refractivity contribution < 1.29 is 14.0 Å². The number of hydrogen-bond donors (Lipinski definition) is 1. The number of likely N-dealkylation sites (tertiary alicyclic amines) is 1. The quantitative estimate of drug-likeness (QED) is 0.520. The van der Waals surface area contributed by atoms with Gasteiger partial charge in [-0.1, -0.05) is 32.0 Å². The summed E-state index contributed by atoms with van der Waals surface area (Å²) < 4.78 is 13.3. The van der Waals surface area contributed by atoms with Crippen molar-refractivity contribution in [1.82, 2.24) is 19.8 Å². The van der Waals surface area contributed by atoms with Crippen molar-refractivity contribution >= 4 is 11.8 Å². The first kappa shape index (κ1) is 25.2. The Morgan fingerprint density at radius 3 is 2.38 bits per heavy atom. The molecule has 5 rings (SSSR count). The maximum absolute atomic E-state index is 13.6. The highest BCUT2D eigenvalue weighted by Crippen LogP contribution is 2.31. The third-order valence-corrected chi connectivity index (χ3v) is 7.82. The number of benzene rings is 2. The molecule has 1 N–H and O–H groups in total. The van der Waals surface area contributed by atoms with Crippen molar-refractivity contribution in [3.05, 3.63) is 75.9 Å². The molecule has 0 spiro atoms. The second kappa shape index (κ2) is 10.1. The smallest absolute Gasteiger partial charge is 0.254 e. The van der Waals surface area contributed by atoms with Gasteiger partial charge in [-0.2, -0.15) is 0 Å². The predicted molar refractivity (Wildman–Crippen MR) is 142 cm³/mol. The topological polar surface area (TPSA) is 69.3 Å². The predicted octanol–water partition coefficient (Wildman–Crippen LogP) is 5.39. The lowest BCUT2D eigenvalue weighted by atomic mass is 9.89. The molecule has 194 valence electrons. The van der Waals surface area contributed by atoms with Gasteiger partial charge in [-0.05, 0) is 67.5 Å². The molecule has 2 amide bonds. The fourth-order valence-corrected chi connectivity index (χ4v) is 5.63. The van der Waals surface area contributed by atoms with Crippen LogP contribution in [0.1, 0.15) is 71.0 Å². The van der Waals surface area contributed by atoms with Gasteiger partial charge >= 0.3 is 0 Å². The zero-order valence-corrected chi connectivity index (χ0v) is 22.1. The van der Waals surface area contributed by atoms with Gasteiger partial charge in [-0.3, -0.25) is 9.59 Å². The number of amides is 2. The molecule has 1 saturated heterocycles. The fraction of sp³-hybridized carbons (Fsp3) is 0.433. The minimum atomic E-state index is -0.221. The second-order valence-electron chi connectivity index (χ2n) is 10.8. The van der Waals surface area contributed by atoms with Gasteiger partial charge in [0.1, 0.15) is 11.6 Å². The minimum Gasteiger partial charge on any atom is -0.340 e. The van der Waals surface area contributed by atoms with Crippen molar-refractivity contribution in [2.75, 3.05) is 19.6 Å². The van der Waals surface area contributed by atoms with E-state index in [0.717, 1.165) is 58.7 Å². The van der Waals surface area contributed by atoms with E-state index in [9.17, 15) is 14.0 Å². The molecule has 0 bridgehead atoms. The monoisotopic (exact) mass is 502 g/mol. The zero-order chi connectivity index (χ0) is 26.3. The summed E-state index contributed by atoms with van der Waals surface area (Å²) in [5.41, 5.74) is 6.75. The molecule has 1 fully saturated rings. The van der Waals surface area contributed by atoms with Crippen molar-refractivity contribution in [1.29, 1.82) is 0 Å². The molecule has 37 heavy (non-hydrogen) atoms. The van der Waals surface area contributed by atoms with Gasteiger partial charge in [0.2, 0.25) is 5.91 Å². The summed E-state index contributed by atoms with van der Waals surface area (Å²) in [5.74, 6) is 1.05. The third-order valence-electron chi connectivity index (χ3n) is 7.82. The lowest BCUT2D eigenvalue weighted by Crippen LogP contribution is -2.38. The van der Waals surface area contributed by atoms with E-state index in [1.165, 1.54) is 12.1 Å². The van der Waals surface area contributed by atoms with E-state index < -0.39 is 0 Å². The van der Waals surface area contributed by atoms with E-state index in [4.69, 9.17) is 4.98 Å². The number of H-pyrrole nitrogens is 1. The van der Waals surface area contributed by atoms with Crippen LogP contribution in [0.5, 0.6) is 0 Å². The van der Waals surface area contributed by atoms with E-state index in [1.54, 1.807) is 0 Å². The molecule has 0 radical (unpaired) electrons. The summed E-state index contributed by atoms with van der Waals surface area (Å²) in [4.78, 5) is 38.2. The number of nitrogens with zero attached hydrogens (tertiary/aromatic N) is 3. The Morgan fingerprint density at radius 2 is 1.70 bits per heavy atom. The number of carbonyl (C=O) groups excluding carboxylic acids is 2. The molecule has 6 nitrogen and oxygen atoms in total. The van der Waals surface area contributed by atoms with Crippen molar-refractivity contribution in [2.24, 2.45) is 5.92 Å². The van der Waals surface area contributed by atoms with Crippen molar-refractivity contribution in [3.8, 4) is 11.4 Å². The number of carbonyl (C=O) groups is 2. The molecule has 2 aliphatic rings. The number of imidazole rings is 1. The Balaban J connectivity index is 1.34. The Hall–Kier alpha value is -3.48. The molecule has 0 unspecified atom stereocenters. The average molecular weight is 503 g/mol. The minimum absolute atomic E-state index is 0.0300. The number of piperidine rings is 1. The van der Waals surface area contributed by atoms with Gasteiger partial charge in [0, 0.05) is 43.1 Å². The van der Waals surface area contributed by atoms with Crippen LogP contribution in [0.15, 0.2) is 36.4 Å². The first-order valence-corrected chi connectivity index (χ1v) is 13.2. The highest BCUT2D eigenvalue weighted by Gasteiger charge is 2.28. The standard InChI is InChI=1S/C30H35FN4O2/c1-18(2)29(36)35-14-11-26-27(17-35)33-28(32-26)24-16-25(20(4)15-19(24)3)30(37)34-12-9-22(10-13-34)21-5-7-23(31)8-6-21/h5-8,15-16,18,22H,9-14,17H2,1-4H3,(H,32,33). The Bertz CT molecular complexity index is 1320. The maximum atomic E-state index is 13.6. The Morgan fingerprint density at radius 1 is 1.00 bits per heavy atom. The van der Waals surface area contributed by atoms with Crippen LogP contribution in [-0.4, -0.2) is 51.2 Å². The van der Waals surface area contributed by atoms with E-state index in [-0.39, 0.29) is 23.5 Å². The first-order valence-electron chi connectivity index (χ1n) is 13.2. The summed E-state index contributed by atoms with van der Waals surface area (Å²) in [7, 11) is 0. The van der Waals surface area contributed by atoms with Gasteiger partial charge in [0.05, 0.1) is 17.9 Å². The van der Waals surface area contributed by atoms with Gasteiger partial charge in [-0.15, -0.1) is 0 Å². The Kier molecular flexibility index (Phi) is 6.88. The molecule has 0 atom stereocenters. The largest absolute Gasteiger partial charge is 0.340 e. The molecule has 0 saturated carbocycles. The number of hydrogen-bond acceptors (Lipinski definition) is 3. The molecular weight excluding hydrogens is 467 g/mol. The van der Waals surface area contributed by atoms with Gasteiger partial charge in [0.15, 0.2) is 0 Å². The molecule has 3 aromatic rings. The number of aryl methyl sites for hydroxylation is 2. The summed E-state index contributed by atoms with van der Waals surface area (Å²) in [5, 5.41) is 0. The molecule has 1 aromatic heterocycles. The molecule has 2 aromatic carbocycles. The number of aromatic amines is 1. The Labute approximate surface area is 217 Å². The van der Waals surface area contributed by atoms with Crippen LogP contribution in [-0.2, 0) is 17.8 Å². The number of nitrogens with one attached hydrogen (secondary N) is 1. The summed E-state index contributed by atoms with van der Waals surface area (Å²) in [6, 6.07) is 10.8. The molecule has 7 heteroatoms. The van der Waals surface area contributed by atoms with Crippen LogP contribution in [0.4, 0.5) is 4.39 Å². The lowest BCUT2D eigenvalue weighted by Gasteiger charge is -2.32. The maximum Gasteiger partial charge on any atom is 0.254 e. The first-order chi connectivity index (χ1) is 17.7. The number of rotatable bonds is 4. The second-order valence-corrected chi connectivity index (χ2v) is 10.8. The van der Waals surface area contributed by atoms with E-state index >= 15 is 0 Å². The van der Waals surface area contributed by atoms with E-state index in [1.807, 2.05) is 55.7 Å². The summed E-state index contributed by atoms with van der Waals surface area (Å²) in [6.45, 7) is 10.5. The van der Waals surface area contributed by atoms with Crippen LogP contribution in [0.2, 0.25) is 0 Å². The number of aromatic nitrogens is 2. The highest BCUT2D eigenvalue weighted by molar-refractivity contribution is 5.97. The fourth-order valence-electron chi connectivity index (χ4n) is 5.63. The molecule has 2 aliphatic heterocycles. The number of fused-ring (bicyclic) bond motifs is 1.